The molecule has 0 saturated carbocycles. The van der Waals surface area contributed by atoms with Gasteiger partial charge in [0, 0.05) is 18.4 Å². The molecule has 1 aliphatic carbocycles. The van der Waals surface area contributed by atoms with Gasteiger partial charge < -0.3 is 21.1 Å². The van der Waals surface area contributed by atoms with Gasteiger partial charge in [-0.25, -0.2) is 9.18 Å². The molecule has 2 aromatic carbocycles. The number of rotatable bonds is 5. The molecule has 1 aromatic heterocycles. The first-order valence-corrected chi connectivity index (χ1v) is 11.7. The number of carbonyl (C=O) groups excluding carboxylic acids is 1. The van der Waals surface area contributed by atoms with E-state index in [1.165, 1.54) is 46.5 Å². The molecule has 9 nitrogen and oxygen atoms in total. The Morgan fingerprint density at radius 2 is 1.81 bits per heavy atom. The molecule has 3 atom stereocenters. The van der Waals surface area contributed by atoms with Crippen molar-refractivity contribution in [3.63, 3.8) is 0 Å². The lowest BCUT2D eigenvalue weighted by molar-refractivity contribution is 0.0408. The van der Waals surface area contributed by atoms with Gasteiger partial charge in [-0.1, -0.05) is 24.3 Å². The molecule has 2 aliphatic rings. The number of nitrogens with zero attached hydrogens (tertiary/aromatic N) is 4. The Kier molecular flexibility index (Phi) is 6.06. The third-order valence-electron chi connectivity index (χ3n) is 7.21. The lowest BCUT2D eigenvalue weighted by Crippen LogP contribution is -2.55. The Hall–Kier alpha value is -4.39. The van der Waals surface area contributed by atoms with Crippen molar-refractivity contribution in [3.8, 4) is 6.07 Å². The molecule has 0 radical (unpaired) electrons. The Bertz CT molecular complexity index is 1320. The summed E-state index contributed by atoms with van der Waals surface area (Å²) >= 11 is 0. The number of fused-ring (bicyclic) bond motifs is 1. The molecule has 4 N–H and O–H groups in total. The lowest BCUT2D eigenvalue weighted by atomic mass is 9.78. The summed E-state index contributed by atoms with van der Waals surface area (Å²) in [6.07, 6.45) is 2.19. The van der Waals surface area contributed by atoms with Crippen molar-refractivity contribution < 1.29 is 19.1 Å². The molecule has 0 bridgehead atoms. The summed E-state index contributed by atoms with van der Waals surface area (Å²) in [6.45, 7) is 0.238. The smallest absolute Gasteiger partial charge is 0.407 e. The largest absolute Gasteiger partial charge is 0.465 e. The minimum absolute atomic E-state index is 0.0473. The van der Waals surface area contributed by atoms with Crippen LogP contribution < -0.4 is 11.1 Å². The number of carboxylic acid groups (broad SMARTS) is 1. The van der Waals surface area contributed by atoms with Crippen molar-refractivity contribution in [2.75, 3.05) is 11.9 Å². The molecule has 1 fully saturated rings. The zero-order valence-electron chi connectivity index (χ0n) is 19.3. The SMILES string of the molecule is N#CC1C(C2Cc3ccccc3C2)N(C(=O)O)CCC1n1cc(C(N)=O)c(Nc2ccc(F)cc2)n1. The van der Waals surface area contributed by atoms with Crippen molar-refractivity contribution in [1.82, 2.24) is 14.7 Å². The van der Waals surface area contributed by atoms with Gasteiger partial charge >= 0.3 is 6.09 Å². The molecular formula is C26H25FN6O3. The van der Waals surface area contributed by atoms with Crippen molar-refractivity contribution in [1.29, 1.82) is 5.26 Å². The fourth-order valence-electron chi connectivity index (χ4n) is 5.59. The number of nitrogens with one attached hydrogen (secondary N) is 1. The average molecular weight is 489 g/mol. The van der Waals surface area contributed by atoms with Crippen LogP contribution in [0.3, 0.4) is 0 Å². The third-order valence-corrected chi connectivity index (χ3v) is 7.21. The minimum atomic E-state index is -1.05. The molecule has 184 valence electrons. The molecule has 3 aromatic rings. The van der Waals surface area contributed by atoms with E-state index in [1.807, 2.05) is 24.3 Å². The van der Waals surface area contributed by atoms with Gasteiger partial charge in [0.2, 0.25) is 0 Å². The topological polar surface area (TPSA) is 137 Å². The van der Waals surface area contributed by atoms with Crippen molar-refractivity contribution in [2.45, 2.75) is 31.3 Å². The molecule has 3 unspecified atom stereocenters. The first-order valence-electron chi connectivity index (χ1n) is 11.7. The fourth-order valence-corrected chi connectivity index (χ4v) is 5.59. The van der Waals surface area contributed by atoms with Crippen LogP contribution in [0.5, 0.6) is 0 Å². The summed E-state index contributed by atoms with van der Waals surface area (Å²) in [5.41, 5.74) is 8.59. The Labute approximate surface area is 206 Å². The molecule has 2 heterocycles. The van der Waals surface area contributed by atoms with Gasteiger partial charge in [0.15, 0.2) is 5.82 Å². The van der Waals surface area contributed by atoms with E-state index in [-0.39, 0.29) is 23.8 Å². The summed E-state index contributed by atoms with van der Waals surface area (Å²) in [6, 6.07) is 15.0. The van der Waals surface area contributed by atoms with E-state index in [0.29, 0.717) is 24.9 Å². The van der Waals surface area contributed by atoms with E-state index >= 15 is 0 Å². The van der Waals surface area contributed by atoms with Gasteiger partial charge in [0.25, 0.3) is 5.91 Å². The summed E-state index contributed by atoms with van der Waals surface area (Å²) < 4.78 is 14.9. The molecule has 10 heteroatoms. The standard InChI is InChI=1S/C26H25FN6O3/c27-18-5-7-19(8-6-18)30-25-21(24(29)34)14-33(31-25)22-9-10-32(26(35)36)23(20(22)13-28)17-11-15-3-1-2-4-16(15)12-17/h1-8,14,17,20,22-23H,9-12H2,(H2,29,34)(H,30,31)(H,35,36). The van der Waals surface area contributed by atoms with Crippen LogP contribution in [0, 0.1) is 29.0 Å². The maximum atomic E-state index is 13.3. The second-order valence-corrected chi connectivity index (χ2v) is 9.28. The van der Waals surface area contributed by atoms with E-state index in [0.717, 1.165) is 0 Å². The van der Waals surface area contributed by atoms with E-state index in [9.17, 15) is 24.3 Å². The van der Waals surface area contributed by atoms with Crippen LogP contribution >= 0.6 is 0 Å². The number of likely N-dealkylation sites (tertiary alicyclic amines) is 1. The highest BCUT2D eigenvalue weighted by molar-refractivity contribution is 5.98. The average Bonchev–Trinajstić information content (AvgIpc) is 3.48. The molecule has 1 aliphatic heterocycles. The van der Waals surface area contributed by atoms with Crippen molar-refractivity contribution in [3.05, 3.63) is 77.2 Å². The monoisotopic (exact) mass is 488 g/mol. The predicted octanol–water partition coefficient (Wildman–Crippen LogP) is 3.71. The van der Waals surface area contributed by atoms with Gasteiger partial charge in [-0.15, -0.1) is 0 Å². The Balaban J connectivity index is 1.48. The van der Waals surface area contributed by atoms with Crippen LogP contribution in [0.4, 0.5) is 20.7 Å². The summed E-state index contributed by atoms with van der Waals surface area (Å²) in [5, 5.41) is 27.7. The first-order chi connectivity index (χ1) is 17.4. The highest BCUT2D eigenvalue weighted by Gasteiger charge is 2.47. The fraction of sp³-hybridized carbons (Fsp3) is 0.308. The second-order valence-electron chi connectivity index (χ2n) is 9.28. The van der Waals surface area contributed by atoms with E-state index in [1.54, 1.807) is 4.68 Å². The minimum Gasteiger partial charge on any atom is -0.465 e. The maximum absolute atomic E-state index is 13.3. The molecule has 36 heavy (non-hydrogen) atoms. The van der Waals surface area contributed by atoms with Gasteiger partial charge in [0.1, 0.15) is 11.4 Å². The van der Waals surface area contributed by atoms with E-state index < -0.39 is 35.8 Å². The van der Waals surface area contributed by atoms with Gasteiger partial charge in [0.05, 0.1) is 24.1 Å². The number of piperidine rings is 1. The third kappa shape index (κ3) is 4.24. The molecule has 5 rings (SSSR count). The summed E-state index contributed by atoms with van der Waals surface area (Å²) in [7, 11) is 0. The zero-order chi connectivity index (χ0) is 25.4. The first kappa shape index (κ1) is 23.4. The van der Waals surface area contributed by atoms with Crippen molar-refractivity contribution >= 4 is 23.5 Å². The van der Waals surface area contributed by atoms with Crippen LogP contribution in [0.15, 0.2) is 54.7 Å². The number of halogens is 1. The molecule has 2 amide bonds. The molecular weight excluding hydrogens is 463 g/mol. The normalized spacial score (nSPS) is 21.6. The number of amides is 2. The van der Waals surface area contributed by atoms with Gasteiger partial charge in [-0.05, 0) is 60.6 Å². The number of hydrogen-bond acceptors (Lipinski definition) is 5. The van der Waals surface area contributed by atoms with Gasteiger partial charge in [-0.2, -0.15) is 10.4 Å². The van der Waals surface area contributed by atoms with Crippen LogP contribution in [-0.2, 0) is 12.8 Å². The summed E-state index contributed by atoms with van der Waals surface area (Å²) in [5.74, 6) is -1.65. The van der Waals surface area contributed by atoms with Gasteiger partial charge in [-0.3, -0.25) is 9.48 Å². The number of benzene rings is 2. The Morgan fingerprint density at radius 3 is 2.39 bits per heavy atom. The number of nitrogens with two attached hydrogens (primary N) is 1. The van der Waals surface area contributed by atoms with E-state index in [4.69, 9.17) is 5.73 Å². The number of primary amides is 1. The molecule has 0 spiro atoms. The zero-order valence-corrected chi connectivity index (χ0v) is 19.3. The van der Waals surface area contributed by atoms with Crippen molar-refractivity contribution in [2.24, 2.45) is 17.6 Å². The number of nitriles is 1. The summed E-state index contributed by atoms with van der Waals surface area (Å²) in [4.78, 5) is 25.7. The predicted molar refractivity (Wildman–Crippen MR) is 129 cm³/mol. The van der Waals surface area contributed by atoms with Crippen LogP contribution in [0.1, 0.15) is 33.9 Å². The highest BCUT2D eigenvalue weighted by atomic mass is 19.1. The number of anilines is 2. The number of carbonyl (C=O) groups is 2. The Morgan fingerprint density at radius 1 is 1.14 bits per heavy atom. The molecule has 1 saturated heterocycles. The quantitative estimate of drug-likeness (QED) is 0.501. The van der Waals surface area contributed by atoms with Crippen LogP contribution in [0.2, 0.25) is 0 Å². The second kappa shape index (κ2) is 9.34. The maximum Gasteiger partial charge on any atom is 0.407 e. The highest BCUT2D eigenvalue weighted by Crippen LogP contribution is 2.41. The van der Waals surface area contributed by atoms with Crippen LogP contribution in [0.25, 0.3) is 0 Å². The number of hydrogen-bond donors (Lipinski definition) is 3. The van der Waals surface area contributed by atoms with E-state index in [2.05, 4.69) is 16.5 Å². The lowest BCUT2D eigenvalue weighted by Gasteiger charge is -2.44. The van der Waals surface area contributed by atoms with Crippen LogP contribution in [-0.4, -0.2) is 44.4 Å². The number of aromatic nitrogens is 2.